The number of benzene rings is 4. The highest BCUT2D eigenvalue weighted by atomic mass is 32.2. The SMILES string of the molecule is N#Cc1c(NC(=O)CSc2cccc(NC(=O)c3ccc4ccccc4c3)c2)sc2c1CCC(c1ccccc1)C2. The summed E-state index contributed by atoms with van der Waals surface area (Å²) in [4.78, 5) is 27.8. The van der Waals surface area contributed by atoms with Crippen molar-refractivity contribution >= 4 is 56.4 Å². The van der Waals surface area contributed by atoms with Gasteiger partial charge < -0.3 is 10.6 Å². The van der Waals surface area contributed by atoms with Crippen molar-refractivity contribution in [3.8, 4) is 6.07 Å². The van der Waals surface area contributed by atoms with E-state index >= 15 is 0 Å². The van der Waals surface area contributed by atoms with Crippen LogP contribution in [0.4, 0.5) is 10.7 Å². The van der Waals surface area contributed by atoms with Gasteiger partial charge in [-0.1, -0.05) is 66.7 Å². The fraction of sp³-hybridized carbons (Fsp3) is 0.147. The normalized spacial score (nSPS) is 14.2. The van der Waals surface area contributed by atoms with Gasteiger partial charge in [0, 0.05) is 21.0 Å². The van der Waals surface area contributed by atoms with Crippen LogP contribution in [0.25, 0.3) is 10.8 Å². The van der Waals surface area contributed by atoms with Gasteiger partial charge in [-0.2, -0.15) is 5.26 Å². The van der Waals surface area contributed by atoms with E-state index in [0.29, 0.717) is 27.7 Å². The van der Waals surface area contributed by atoms with E-state index in [9.17, 15) is 14.9 Å². The molecule has 1 atom stereocenters. The zero-order chi connectivity index (χ0) is 28.2. The van der Waals surface area contributed by atoms with Crippen molar-refractivity contribution in [3.63, 3.8) is 0 Å². The Morgan fingerprint density at radius 3 is 2.54 bits per heavy atom. The van der Waals surface area contributed by atoms with Crippen LogP contribution in [0.2, 0.25) is 0 Å². The first kappa shape index (κ1) is 26.8. The van der Waals surface area contributed by atoms with Crippen LogP contribution in [0, 0.1) is 11.3 Å². The number of thioether (sulfide) groups is 1. The van der Waals surface area contributed by atoms with Crippen LogP contribution in [0.15, 0.2) is 102 Å². The van der Waals surface area contributed by atoms with Gasteiger partial charge in [0.15, 0.2) is 0 Å². The van der Waals surface area contributed by atoms with Gasteiger partial charge in [0.05, 0.1) is 11.3 Å². The Hall–Kier alpha value is -4.38. The lowest BCUT2D eigenvalue weighted by Gasteiger charge is -2.22. The van der Waals surface area contributed by atoms with Crippen molar-refractivity contribution < 1.29 is 9.59 Å². The average molecular weight is 574 g/mol. The molecule has 2 amide bonds. The maximum Gasteiger partial charge on any atom is 0.255 e. The van der Waals surface area contributed by atoms with Crippen molar-refractivity contribution in [2.24, 2.45) is 0 Å². The summed E-state index contributed by atoms with van der Waals surface area (Å²) in [7, 11) is 0. The summed E-state index contributed by atoms with van der Waals surface area (Å²) in [6, 6.07) is 33.9. The summed E-state index contributed by atoms with van der Waals surface area (Å²) in [6.45, 7) is 0. The Bertz CT molecular complexity index is 1790. The van der Waals surface area contributed by atoms with E-state index in [4.69, 9.17) is 0 Å². The van der Waals surface area contributed by atoms with Crippen LogP contribution >= 0.6 is 23.1 Å². The van der Waals surface area contributed by atoms with E-state index < -0.39 is 0 Å². The zero-order valence-corrected chi connectivity index (χ0v) is 23.9. The van der Waals surface area contributed by atoms with Crippen LogP contribution in [0.3, 0.4) is 0 Å². The second-order valence-corrected chi connectivity index (χ2v) is 12.2. The quantitative estimate of drug-likeness (QED) is 0.193. The molecule has 41 heavy (non-hydrogen) atoms. The van der Waals surface area contributed by atoms with Crippen molar-refractivity contribution in [1.29, 1.82) is 5.26 Å². The molecular formula is C34H27N3O2S2. The molecule has 0 spiro atoms. The molecule has 1 aliphatic rings. The Morgan fingerprint density at radius 2 is 1.71 bits per heavy atom. The minimum atomic E-state index is -0.184. The smallest absolute Gasteiger partial charge is 0.255 e. The average Bonchev–Trinajstić information content (AvgIpc) is 3.36. The van der Waals surface area contributed by atoms with Gasteiger partial charge in [0.1, 0.15) is 11.1 Å². The molecule has 2 N–H and O–H groups in total. The van der Waals surface area contributed by atoms with Crippen molar-refractivity contribution in [2.45, 2.75) is 30.1 Å². The number of anilines is 2. The molecule has 0 saturated carbocycles. The molecule has 1 aromatic heterocycles. The van der Waals surface area contributed by atoms with E-state index in [0.717, 1.165) is 40.5 Å². The lowest BCUT2D eigenvalue weighted by atomic mass is 9.83. The summed E-state index contributed by atoms with van der Waals surface area (Å²) in [5.41, 5.74) is 4.26. The summed E-state index contributed by atoms with van der Waals surface area (Å²) in [6.07, 6.45) is 2.73. The number of nitrogens with one attached hydrogen (secondary N) is 2. The highest BCUT2D eigenvalue weighted by Crippen LogP contribution is 2.42. The summed E-state index contributed by atoms with van der Waals surface area (Å²) in [5.74, 6) is 0.287. The number of fused-ring (bicyclic) bond motifs is 2. The number of carbonyl (C=O) groups excluding carboxylic acids is 2. The van der Waals surface area contributed by atoms with E-state index in [1.54, 1.807) is 0 Å². The standard InChI is InChI=1S/C34H27N3O2S2/c35-20-30-29-16-15-25(22-7-2-1-3-8-22)18-31(29)41-34(30)37-32(38)21-40-28-12-6-11-27(19-28)36-33(39)26-14-13-23-9-4-5-10-24(23)17-26/h1-14,17,19,25H,15-16,18,21H2,(H,36,39)(H,37,38). The maximum absolute atomic E-state index is 12.9. The summed E-state index contributed by atoms with van der Waals surface area (Å²) >= 11 is 2.92. The number of hydrogen-bond donors (Lipinski definition) is 2. The van der Waals surface area contributed by atoms with Gasteiger partial charge in [0.2, 0.25) is 5.91 Å². The molecule has 1 aliphatic carbocycles. The maximum atomic E-state index is 12.9. The highest BCUT2D eigenvalue weighted by Gasteiger charge is 2.27. The topological polar surface area (TPSA) is 82.0 Å². The first-order chi connectivity index (χ1) is 20.1. The van der Waals surface area contributed by atoms with Crippen molar-refractivity contribution in [3.05, 3.63) is 124 Å². The van der Waals surface area contributed by atoms with E-state index in [1.807, 2.05) is 72.8 Å². The predicted octanol–water partition coefficient (Wildman–Crippen LogP) is 8.03. The number of rotatable bonds is 7. The minimum absolute atomic E-state index is 0.157. The fourth-order valence-electron chi connectivity index (χ4n) is 5.31. The summed E-state index contributed by atoms with van der Waals surface area (Å²) in [5, 5.41) is 18.6. The third-order valence-electron chi connectivity index (χ3n) is 7.37. The number of amides is 2. The molecule has 5 aromatic rings. The molecule has 0 aliphatic heterocycles. The van der Waals surface area contributed by atoms with Gasteiger partial charge in [-0.3, -0.25) is 9.59 Å². The van der Waals surface area contributed by atoms with Gasteiger partial charge in [-0.15, -0.1) is 23.1 Å². The number of thiophene rings is 1. The van der Waals surface area contributed by atoms with Gasteiger partial charge in [-0.05, 0) is 77.4 Å². The van der Waals surface area contributed by atoms with Crippen LogP contribution in [-0.2, 0) is 17.6 Å². The second kappa shape index (κ2) is 12.0. The Kier molecular flexibility index (Phi) is 7.86. The largest absolute Gasteiger partial charge is 0.322 e. The van der Waals surface area contributed by atoms with E-state index in [1.165, 1.54) is 33.5 Å². The number of hydrogen-bond acceptors (Lipinski definition) is 5. The molecule has 202 valence electrons. The molecule has 7 heteroatoms. The molecule has 0 radical (unpaired) electrons. The molecule has 1 unspecified atom stereocenters. The molecule has 5 nitrogen and oxygen atoms in total. The van der Waals surface area contributed by atoms with Gasteiger partial charge >= 0.3 is 0 Å². The third kappa shape index (κ3) is 6.04. The lowest BCUT2D eigenvalue weighted by Crippen LogP contribution is -2.14. The Labute approximate surface area is 247 Å². The minimum Gasteiger partial charge on any atom is -0.322 e. The second-order valence-electron chi connectivity index (χ2n) is 10.1. The predicted molar refractivity (Wildman–Crippen MR) is 168 cm³/mol. The first-order valence-corrected chi connectivity index (χ1v) is 15.3. The van der Waals surface area contributed by atoms with E-state index in [2.05, 4.69) is 41.0 Å². The fourth-order valence-corrected chi connectivity index (χ4v) is 7.36. The zero-order valence-electron chi connectivity index (χ0n) is 22.2. The lowest BCUT2D eigenvalue weighted by molar-refractivity contribution is -0.113. The molecule has 0 saturated heterocycles. The Morgan fingerprint density at radius 1 is 0.902 bits per heavy atom. The molecular weight excluding hydrogens is 547 g/mol. The van der Waals surface area contributed by atoms with Crippen molar-refractivity contribution in [1.82, 2.24) is 0 Å². The highest BCUT2D eigenvalue weighted by molar-refractivity contribution is 8.00. The first-order valence-electron chi connectivity index (χ1n) is 13.5. The molecule has 4 aromatic carbocycles. The van der Waals surface area contributed by atoms with Crippen molar-refractivity contribution in [2.75, 3.05) is 16.4 Å². The van der Waals surface area contributed by atoms with Crippen LogP contribution < -0.4 is 10.6 Å². The van der Waals surface area contributed by atoms with Crippen LogP contribution in [-0.4, -0.2) is 17.6 Å². The van der Waals surface area contributed by atoms with E-state index in [-0.39, 0.29) is 17.6 Å². The molecule has 0 bridgehead atoms. The number of carbonyl (C=O) groups is 2. The molecule has 6 rings (SSSR count). The monoisotopic (exact) mass is 573 g/mol. The Balaban J connectivity index is 1.08. The molecule has 0 fully saturated rings. The molecule has 1 heterocycles. The summed E-state index contributed by atoms with van der Waals surface area (Å²) < 4.78 is 0. The number of nitriles is 1. The number of nitrogens with zero attached hydrogens (tertiary/aromatic N) is 1. The third-order valence-corrected chi connectivity index (χ3v) is 9.54. The van der Waals surface area contributed by atoms with Crippen LogP contribution in [0.1, 0.15) is 44.3 Å². The van der Waals surface area contributed by atoms with Gasteiger partial charge in [-0.25, -0.2) is 0 Å². The van der Waals surface area contributed by atoms with Crippen LogP contribution in [0.5, 0.6) is 0 Å². The van der Waals surface area contributed by atoms with Gasteiger partial charge in [0.25, 0.3) is 5.91 Å².